The first-order valence-electron chi connectivity index (χ1n) is 9.47. The van der Waals surface area contributed by atoms with Crippen LogP contribution < -0.4 is 5.32 Å². The fourth-order valence-corrected chi connectivity index (χ4v) is 3.16. The topological polar surface area (TPSA) is 104 Å². The number of alkyl halides is 3. The fraction of sp³-hybridized carbons (Fsp3) is 0.400. The number of aliphatic hydroxyl groups is 1. The number of benzene rings is 1. The number of hydrogen-bond acceptors (Lipinski definition) is 6. The minimum absolute atomic E-state index is 0.0917. The van der Waals surface area contributed by atoms with Gasteiger partial charge in [-0.05, 0) is 24.5 Å². The lowest BCUT2D eigenvalue weighted by atomic mass is 10.0. The van der Waals surface area contributed by atoms with Crippen LogP contribution in [0.15, 0.2) is 52.3 Å². The van der Waals surface area contributed by atoms with E-state index in [1.54, 1.807) is 0 Å². The molecule has 8 nitrogen and oxygen atoms in total. The number of halogens is 3. The molecule has 1 aromatic rings. The normalized spacial score (nSPS) is 22.5. The number of ether oxygens (including phenoxy) is 1. The first kappa shape index (κ1) is 22.6. The van der Waals surface area contributed by atoms with Gasteiger partial charge in [0.1, 0.15) is 6.23 Å². The van der Waals surface area contributed by atoms with Gasteiger partial charge in [-0.1, -0.05) is 30.3 Å². The van der Waals surface area contributed by atoms with Crippen molar-refractivity contribution in [2.45, 2.75) is 37.0 Å². The standard InChI is InChI=1S/C20H21F3N4O4/c1-24-18(30)27(17-9-8-16(12-29)31-17)10-14(11-28)3-2-13-4-6-15(7-5-13)19(25-26-19)20(21,22)23/h2-7,10-11,16-17,29H,8-9,12H2,1H3,(H,24,30)/b3-2+,14-10-/t16-,17+/m0/s1. The average molecular weight is 438 g/mol. The first-order chi connectivity index (χ1) is 14.7. The predicted molar refractivity (Wildman–Crippen MR) is 103 cm³/mol. The highest BCUT2D eigenvalue weighted by Gasteiger charge is 2.65. The third-order valence-electron chi connectivity index (χ3n) is 4.95. The number of amides is 2. The summed E-state index contributed by atoms with van der Waals surface area (Å²) < 4.78 is 44.8. The van der Waals surface area contributed by atoms with Crippen molar-refractivity contribution in [2.24, 2.45) is 10.2 Å². The van der Waals surface area contributed by atoms with E-state index in [1.165, 1.54) is 54.6 Å². The molecule has 2 heterocycles. The molecular formula is C20H21F3N4O4. The molecule has 0 aliphatic carbocycles. The van der Waals surface area contributed by atoms with E-state index < -0.39 is 24.1 Å². The summed E-state index contributed by atoms with van der Waals surface area (Å²) in [6.45, 7) is -0.172. The maximum absolute atomic E-state index is 13.1. The first-order valence-corrected chi connectivity index (χ1v) is 9.47. The highest BCUT2D eigenvalue weighted by atomic mass is 19.4. The van der Waals surface area contributed by atoms with Gasteiger partial charge in [-0.15, -0.1) is 10.2 Å². The molecule has 2 aliphatic heterocycles. The molecule has 0 bridgehead atoms. The lowest BCUT2D eigenvalue weighted by Gasteiger charge is -2.25. The van der Waals surface area contributed by atoms with Crippen LogP contribution in [-0.4, -0.2) is 54.5 Å². The second-order valence-electron chi connectivity index (χ2n) is 7.01. The van der Waals surface area contributed by atoms with Crippen LogP contribution >= 0.6 is 0 Å². The number of nitrogens with zero attached hydrogens (tertiary/aromatic N) is 3. The number of urea groups is 1. The van der Waals surface area contributed by atoms with E-state index in [-0.39, 0.29) is 23.8 Å². The minimum Gasteiger partial charge on any atom is -0.394 e. The van der Waals surface area contributed by atoms with Crippen molar-refractivity contribution in [1.82, 2.24) is 10.2 Å². The molecule has 11 heteroatoms. The van der Waals surface area contributed by atoms with E-state index in [4.69, 9.17) is 4.74 Å². The van der Waals surface area contributed by atoms with Crippen LogP contribution in [0.25, 0.3) is 6.08 Å². The van der Waals surface area contributed by atoms with E-state index in [0.29, 0.717) is 24.7 Å². The Morgan fingerprint density at radius 3 is 2.48 bits per heavy atom. The molecule has 0 radical (unpaired) electrons. The molecule has 0 unspecified atom stereocenters. The van der Waals surface area contributed by atoms with Crippen molar-refractivity contribution in [3.05, 3.63) is 53.2 Å². The molecule has 166 valence electrons. The summed E-state index contributed by atoms with van der Waals surface area (Å²) in [6.07, 6.45) is 0.262. The molecule has 1 aromatic carbocycles. The van der Waals surface area contributed by atoms with Crippen LogP contribution in [0.5, 0.6) is 0 Å². The van der Waals surface area contributed by atoms with Crippen molar-refractivity contribution in [3.63, 3.8) is 0 Å². The Morgan fingerprint density at radius 1 is 1.32 bits per heavy atom. The Morgan fingerprint density at radius 2 is 2.00 bits per heavy atom. The van der Waals surface area contributed by atoms with Gasteiger partial charge in [0.2, 0.25) is 0 Å². The molecule has 31 heavy (non-hydrogen) atoms. The van der Waals surface area contributed by atoms with E-state index in [0.717, 1.165) is 0 Å². The highest BCUT2D eigenvalue weighted by molar-refractivity contribution is 5.82. The zero-order valence-electron chi connectivity index (χ0n) is 16.5. The fourth-order valence-electron chi connectivity index (χ4n) is 3.16. The third kappa shape index (κ3) is 4.83. The molecule has 2 atom stereocenters. The SMILES string of the molecule is CNC(=O)N(/C=C(C=O)/C=C/c1ccc(C2(C(F)(F)F)N=N2)cc1)[C@H]1CC[C@@H](CO)O1. The second kappa shape index (κ2) is 8.98. The number of carbonyl (C=O) groups is 2. The Bertz CT molecular complexity index is 906. The van der Waals surface area contributed by atoms with Gasteiger partial charge < -0.3 is 15.2 Å². The number of rotatable bonds is 7. The third-order valence-corrected chi connectivity index (χ3v) is 4.95. The van der Waals surface area contributed by atoms with Gasteiger partial charge in [-0.25, -0.2) is 4.79 Å². The number of hydrogen-bond donors (Lipinski definition) is 2. The summed E-state index contributed by atoms with van der Waals surface area (Å²) in [6, 6.07) is 4.96. The lowest BCUT2D eigenvalue weighted by molar-refractivity contribution is -0.166. The van der Waals surface area contributed by atoms with E-state index in [9.17, 15) is 27.9 Å². The Balaban J connectivity index is 1.75. The Kier molecular flexibility index (Phi) is 6.56. The second-order valence-corrected chi connectivity index (χ2v) is 7.01. The number of carbonyl (C=O) groups excluding carboxylic acids is 2. The Labute approximate surface area is 176 Å². The van der Waals surface area contributed by atoms with Crippen LogP contribution in [0.4, 0.5) is 18.0 Å². The monoisotopic (exact) mass is 438 g/mol. The molecule has 2 N–H and O–H groups in total. The maximum Gasteiger partial charge on any atom is 0.442 e. The lowest BCUT2D eigenvalue weighted by Crippen LogP contribution is -2.42. The summed E-state index contributed by atoms with van der Waals surface area (Å²) in [7, 11) is 1.44. The van der Waals surface area contributed by atoms with Crippen molar-refractivity contribution in [2.75, 3.05) is 13.7 Å². The van der Waals surface area contributed by atoms with Gasteiger partial charge in [0, 0.05) is 24.4 Å². The predicted octanol–water partition coefficient (Wildman–Crippen LogP) is 3.10. The molecule has 0 saturated carbocycles. The van der Waals surface area contributed by atoms with Gasteiger partial charge in [-0.2, -0.15) is 13.2 Å². The van der Waals surface area contributed by atoms with E-state index in [1.807, 2.05) is 0 Å². The molecule has 0 spiro atoms. The number of aldehydes is 1. The van der Waals surface area contributed by atoms with Crippen molar-refractivity contribution in [1.29, 1.82) is 0 Å². The number of allylic oxidation sites excluding steroid dienone is 2. The molecule has 2 amide bonds. The summed E-state index contributed by atoms with van der Waals surface area (Å²) >= 11 is 0. The van der Waals surface area contributed by atoms with Crippen LogP contribution in [0.2, 0.25) is 0 Å². The number of aliphatic hydroxyl groups excluding tert-OH is 1. The van der Waals surface area contributed by atoms with Crippen LogP contribution in [0, 0.1) is 0 Å². The van der Waals surface area contributed by atoms with Crippen molar-refractivity contribution in [3.8, 4) is 0 Å². The van der Waals surface area contributed by atoms with Gasteiger partial charge in [-0.3, -0.25) is 9.69 Å². The average Bonchev–Trinajstić information content (AvgIpc) is 3.46. The van der Waals surface area contributed by atoms with Crippen molar-refractivity contribution >= 4 is 18.4 Å². The van der Waals surface area contributed by atoms with Crippen LogP contribution in [-0.2, 0) is 15.2 Å². The summed E-state index contributed by atoms with van der Waals surface area (Å²) in [5, 5.41) is 18.0. The van der Waals surface area contributed by atoms with Crippen LogP contribution in [0.1, 0.15) is 24.0 Å². The summed E-state index contributed by atoms with van der Waals surface area (Å²) in [5.74, 6) is 0. The van der Waals surface area contributed by atoms with Gasteiger partial charge in [0.05, 0.1) is 12.7 Å². The Hall–Kier alpha value is -3.05. The largest absolute Gasteiger partial charge is 0.442 e. The van der Waals surface area contributed by atoms with Crippen LogP contribution in [0.3, 0.4) is 0 Å². The molecular weight excluding hydrogens is 417 g/mol. The van der Waals surface area contributed by atoms with E-state index >= 15 is 0 Å². The zero-order chi connectivity index (χ0) is 22.6. The summed E-state index contributed by atoms with van der Waals surface area (Å²) in [5.41, 5.74) is -1.89. The summed E-state index contributed by atoms with van der Waals surface area (Å²) in [4.78, 5) is 25.0. The van der Waals surface area contributed by atoms with E-state index in [2.05, 4.69) is 15.5 Å². The van der Waals surface area contributed by atoms with Gasteiger partial charge in [0.15, 0.2) is 6.29 Å². The maximum atomic E-state index is 13.1. The van der Waals surface area contributed by atoms with Crippen molar-refractivity contribution < 1.29 is 32.6 Å². The number of nitrogens with one attached hydrogen (secondary N) is 1. The smallest absolute Gasteiger partial charge is 0.394 e. The molecule has 1 fully saturated rings. The molecule has 2 aliphatic rings. The quantitative estimate of drug-likeness (QED) is 0.388. The minimum atomic E-state index is -4.60. The zero-order valence-corrected chi connectivity index (χ0v) is 16.5. The highest BCUT2D eigenvalue weighted by Crippen LogP contribution is 2.52. The molecule has 0 aromatic heterocycles. The molecule has 1 saturated heterocycles. The van der Waals surface area contributed by atoms with Gasteiger partial charge in [0.25, 0.3) is 0 Å². The molecule has 3 rings (SSSR count). The van der Waals surface area contributed by atoms with Gasteiger partial charge >= 0.3 is 17.9 Å².